The number of nitrogens with zero attached hydrogens (tertiary/aromatic N) is 1. The molecule has 1 aromatic rings. The fourth-order valence-corrected chi connectivity index (χ4v) is 1.90. The highest BCUT2D eigenvalue weighted by Crippen LogP contribution is 2.21. The van der Waals surface area contributed by atoms with Crippen molar-refractivity contribution in [2.45, 2.75) is 26.5 Å². The van der Waals surface area contributed by atoms with Crippen LogP contribution in [0, 0.1) is 0 Å². The third-order valence-corrected chi connectivity index (χ3v) is 2.58. The maximum Gasteiger partial charge on any atom is 0.325 e. The number of carbonyl (C=O) groups is 2. The van der Waals surface area contributed by atoms with Crippen LogP contribution < -0.4 is 0 Å². The molecule has 1 amide bonds. The Bertz CT molecular complexity index is 454. The zero-order chi connectivity index (χ0) is 12.4. The zero-order valence-corrected chi connectivity index (χ0v) is 9.97. The molecule has 4 heteroatoms. The van der Waals surface area contributed by atoms with Gasteiger partial charge in [0, 0.05) is 12.1 Å². The van der Waals surface area contributed by atoms with Gasteiger partial charge in [-0.1, -0.05) is 18.2 Å². The van der Waals surface area contributed by atoms with Gasteiger partial charge in [-0.3, -0.25) is 9.59 Å². The zero-order valence-electron chi connectivity index (χ0n) is 9.97. The molecule has 0 saturated carbocycles. The van der Waals surface area contributed by atoms with Gasteiger partial charge in [-0.25, -0.2) is 0 Å². The average Bonchev–Trinajstić information content (AvgIpc) is 2.55. The van der Waals surface area contributed by atoms with Crippen molar-refractivity contribution in [1.29, 1.82) is 0 Å². The minimum Gasteiger partial charge on any atom is -0.462 e. The van der Waals surface area contributed by atoms with Crippen LogP contribution in [0.3, 0.4) is 0 Å². The molecule has 0 aliphatic carbocycles. The summed E-state index contributed by atoms with van der Waals surface area (Å²) < 4.78 is 5.03. The molecule has 0 N–H and O–H groups in total. The van der Waals surface area contributed by atoms with E-state index >= 15 is 0 Å². The highest BCUT2D eigenvalue weighted by molar-refractivity contribution is 5.99. The Balaban J connectivity index is 2.03. The molecule has 2 rings (SSSR count). The van der Waals surface area contributed by atoms with Crippen molar-refractivity contribution in [2.75, 3.05) is 6.54 Å². The summed E-state index contributed by atoms with van der Waals surface area (Å²) >= 11 is 0. The van der Waals surface area contributed by atoms with Crippen molar-refractivity contribution in [2.24, 2.45) is 0 Å². The quantitative estimate of drug-likeness (QED) is 0.745. The summed E-state index contributed by atoms with van der Waals surface area (Å²) in [6.07, 6.45) is -0.150. The second-order valence-corrected chi connectivity index (χ2v) is 4.36. The number of ether oxygens (including phenoxy) is 1. The van der Waals surface area contributed by atoms with Crippen molar-refractivity contribution < 1.29 is 14.3 Å². The number of hydrogen-bond donors (Lipinski definition) is 0. The second-order valence-electron chi connectivity index (χ2n) is 4.36. The largest absolute Gasteiger partial charge is 0.462 e. The van der Waals surface area contributed by atoms with Crippen LogP contribution in [0.4, 0.5) is 0 Å². The van der Waals surface area contributed by atoms with E-state index < -0.39 is 0 Å². The van der Waals surface area contributed by atoms with Gasteiger partial charge in [0.05, 0.1) is 6.10 Å². The molecule has 0 saturated heterocycles. The fourth-order valence-electron chi connectivity index (χ4n) is 1.90. The van der Waals surface area contributed by atoms with E-state index in [0.29, 0.717) is 12.1 Å². The van der Waals surface area contributed by atoms with Crippen LogP contribution in [0.2, 0.25) is 0 Å². The first kappa shape index (κ1) is 11.6. The highest BCUT2D eigenvalue weighted by atomic mass is 16.5. The molecule has 0 spiro atoms. The number of fused-ring (bicyclic) bond motifs is 1. The highest BCUT2D eigenvalue weighted by Gasteiger charge is 2.28. The first-order valence-electron chi connectivity index (χ1n) is 5.64. The van der Waals surface area contributed by atoms with E-state index in [1.165, 1.54) is 4.90 Å². The Morgan fingerprint density at radius 2 is 2.12 bits per heavy atom. The van der Waals surface area contributed by atoms with Gasteiger partial charge in [-0.05, 0) is 25.5 Å². The summed E-state index contributed by atoms with van der Waals surface area (Å²) in [6, 6.07) is 7.40. The monoisotopic (exact) mass is 233 g/mol. The summed E-state index contributed by atoms with van der Waals surface area (Å²) in [4.78, 5) is 24.9. The molecule has 4 nitrogen and oxygen atoms in total. The Kier molecular flexibility index (Phi) is 3.13. The van der Waals surface area contributed by atoms with Gasteiger partial charge in [0.1, 0.15) is 6.54 Å². The van der Waals surface area contributed by atoms with Gasteiger partial charge in [0.25, 0.3) is 5.91 Å². The molecule has 0 unspecified atom stereocenters. The van der Waals surface area contributed by atoms with Gasteiger partial charge in [-0.15, -0.1) is 0 Å². The predicted molar refractivity (Wildman–Crippen MR) is 62.4 cm³/mol. The van der Waals surface area contributed by atoms with E-state index in [2.05, 4.69) is 0 Å². The predicted octanol–water partition coefficient (Wildman–Crippen LogP) is 1.59. The summed E-state index contributed by atoms with van der Waals surface area (Å²) in [6.45, 7) is 4.09. The van der Waals surface area contributed by atoms with E-state index in [1.54, 1.807) is 19.9 Å². The van der Waals surface area contributed by atoms with Crippen LogP contribution in [0.25, 0.3) is 0 Å². The van der Waals surface area contributed by atoms with Gasteiger partial charge in [0.2, 0.25) is 0 Å². The minimum absolute atomic E-state index is 0.0195. The Hall–Kier alpha value is -1.84. The SMILES string of the molecule is CC(C)OC(=O)CN1Cc2ccccc2C1=O. The molecule has 1 aliphatic rings. The molecule has 0 fully saturated rings. The first-order valence-corrected chi connectivity index (χ1v) is 5.64. The van der Waals surface area contributed by atoms with E-state index in [1.807, 2.05) is 18.2 Å². The molecule has 90 valence electrons. The smallest absolute Gasteiger partial charge is 0.325 e. The van der Waals surface area contributed by atoms with Crippen molar-refractivity contribution in [1.82, 2.24) is 4.90 Å². The number of amides is 1. The van der Waals surface area contributed by atoms with Crippen molar-refractivity contribution in [3.63, 3.8) is 0 Å². The molecule has 1 aromatic carbocycles. The van der Waals surface area contributed by atoms with E-state index in [-0.39, 0.29) is 24.5 Å². The Morgan fingerprint density at radius 3 is 2.76 bits per heavy atom. The van der Waals surface area contributed by atoms with Gasteiger partial charge in [-0.2, -0.15) is 0 Å². The lowest BCUT2D eigenvalue weighted by Crippen LogP contribution is -2.32. The Morgan fingerprint density at radius 1 is 1.41 bits per heavy atom. The molecular weight excluding hydrogens is 218 g/mol. The van der Waals surface area contributed by atoms with E-state index in [0.717, 1.165) is 5.56 Å². The Labute approximate surface area is 100 Å². The van der Waals surface area contributed by atoms with Crippen LogP contribution >= 0.6 is 0 Å². The lowest BCUT2D eigenvalue weighted by atomic mass is 10.1. The number of benzene rings is 1. The number of rotatable bonds is 3. The van der Waals surface area contributed by atoms with Crippen molar-refractivity contribution >= 4 is 11.9 Å². The maximum atomic E-state index is 11.9. The third-order valence-electron chi connectivity index (χ3n) is 2.58. The molecular formula is C13H15NO3. The summed E-state index contributed by atoms with van der Waals surface area (Å²) in [5.74, 6) is -0.456. The molecule has 17 heavy (non-hydrogen) atoms. The van der Waals surface area contributed by atoms with E-state index in [4.69, 9.17) is 4.74 Å². The molecule has 0 atom stereocenters. The lowest BCUT2D eigenvalue weighted by Gasteiger charge is -2.15. The van der Waals surface area contributed by atoms with Gasteiger partial charge in [0.15, 0.2) is 0 Å². The van der Waals surface area contributed by atoms with Crippen LogP contribution in [-0.4, -0.2) is 29.4 Å². The minimum atomic E-state index is -0.360. The summed E-state index contributed by atoms with van der Waals surface area (Å²) in [5.41, 5.74) is 1.65. The van der Waals surface area contributed by atoms with Crippen LogP contribution in [-0.2, 0) is 16.1 Å². The first-order chi connectivity index (χ1) is 8.08. The summed E-state index contributed by atoms with van der Waals surface area (Å²) in [7, 11) is 0. The van der Waals surface area contributed by atoms with Gasteiger partial charge >= 0.3 is 5.97 Å². The number of hydrogen-bond acceptors (Lipinski definition) is 3. The molecule has 0 bridgehead atoms. The van der Waals surface area contributed by atoms with Crippen LogP contribution in [0.5, 0.6) is 0 Å². The number of esters is 1. The molecule has 0 radical (unpaired) electrons. The van der Waals surface area contributed by atoms with Crippen LogP contribution in [0.1, 0.15) is 29.8 Å². The standard InChI is InChI=1S/C13H15NO3/c1-9(2)17-12(15)8-14-7-10-5-3-4-6-11(10)13(14)16/h3-6,9H,7-8H2,1-2H3. The summed E-state index contributed by atoms with van der Waals surface area (Å²) in [5, 5.41) is 0. The van der Waals surface area contributed by atoms with Crippen LogP contribution in [0.15, 0.2) is 24.3 Å². The normalized spacial score (nSPS) is 14.1. The third kappa shape index (κ3) is 2.46. The topological polar surface area (TPSA) is 46.6 Å². The van der Waals surface area contributed by atoms with Crippen molar-refractivity contribution in [3.8, 4) is 0 Å². The fraction of sp³-hybridized carbons (Fsp3) is 0.385. The molecule has 1 aliphatic heterocycles. The lowest BCUT2D eigenvalue weighted by molar-refractivity contribution is -0.148. The number of carbonyl (C=O) groups excluding carboxylic acids is 2. The van der Waals surface area contributed by atoms with Crippen molar-refractivity contribution in [3.05, 3.63) is 35.4 Å². The van der Waals surface area contributed by atoms with Gasteiger partial charge < -0.3 is 9.64 Å². The molecule has 1 heterocycles. The van der Waals surface area contributed by atoms with E-state index in [9.17, 15) is 9.59 Å². The molecule has 0 aromatic heterocycles. The maximum absolute atomic E-state index is 11.9. The second kappa shape index (κ2) is 4.57. The average molecular weight is 233 g/mol.